The summed E-state index contributed by atoms with van der Waals surface area (Å²) in [5.74, 6) is -1.37. The summed E-state index contributed by atoms with van der Waals surface area (Å²) in [5, 5.41) is 11.9. The van der Waals surface area contributed by atoms with Gasteiger partial charge in [-0.25, -0.2) is 0 Å². The first-order valence-corrected chi connectivity index (χ1v) is 7.86. The van der Waals surface area contributed by atoms with E-state index in [9.17, 15) is 14.4 Å². The SMILES string of the molecule is Cc1coc(CC(=O)O)c1C(=O)N1CC(=O)NC2CCCCC21. The van der Waals surface area contributed by atoms with E-state index in [4.69, 9.17) is 9.52 Å². The number of hydrogen-bond acceptors (Lipinski definition) is 4. The van der Waals surface area contributed by atoms with Crippen LogP contribution < -0.4 is 5.32 Å². The lowest BCUT2D eigenvalue weighted by Gasteiger charge is -2.44. The molecule has 7 nitrogen and oxygen atoms in total. The van der Waals surface area contributed by atoms with E-state index in [0.29, 0.717) is 5.56 Å². The van der Waals surface area contributed by atoms with Gasteiger partial charge in [0.05, 0.1) is 17.9 Å². The van der Waals surface area contributed by atoms with Gasteiger partial charge in [0.1, 0.15) is 18.7 Å². The molecular weight excluding hydrogens is 300 g/mol. The zero-order valence-electron chi connectivity index (χ0n) is 13.0. The first-order chi connectivity index (χ1) is 11.0. The van der Waals surface area contributed by atoms with Crippen molar-refractivity contribution in [3.05, 3.63) is 23.2 Å². The fraction of sp³-hybridized carbons (Fsp3) is 0.562. The molecule has 2 aliphatic rings. The van der Waals surface area contributed by atoms with Gasteiger partial charge in [-0.15, -0.1) is 0 Å². The predicted molar refractivity (Wildman–Crippen MR) is 80.0 cm³/mol. The topological polar surface area (TPSA) is 99.8 Å². The molecule has 2 N–H and O–H groups in total. The molecule has 1 saturated carbocycles. The molecule has 124 valence electrons. The molecule has 0 spiro atoms. The number of aryl methyl sites for hydroxylation is 1. The molecule has 1 aromatic heterocycles. The lowest BCUT2D eigenvalue weighted by atomic mass is 9.87. The molecule has 1 aromatic rings. The van der Waals surface area contributed by atoms with Crippen LogP contribution in [0.1, 0.15) is 47.4 Å². The molecule has 0 bridgehead atoms. The summed E-state index contributed by atoms with van der Waals surface area (Å²) in [6.45, 7) is 1.72. The zero-order valence-corrected chi connectivity index (χ0v) is 13.0. The van der Waals surface area contributed by atoms with E-state index in [2.05, 4.69) is 5.32 Å². The van der Waals surface area contributed by atoms with Crippen LogP contribution in [0.2, 0.25) is 0 Å². The third kappa shape index (κ3) is 2.95. The Morgan fingerprint density at radius 2 is 2.13 bits per heavy atom. The highest BCUT2D eigenvalue weighted by Gasteiger charge is 2.40. The minimum Gasteiger partial charge on any atom is -0.481 e. The molecule has 0 aromatic carbocycles. The van der Waals surface area contributed by atoms with Gasteiger partial charge >= 0.3 is 5.97 Å². The molecular formula is C16H20N2O5. The van der Waals surface area contributed by atoms with Gasteiger partial charge in [0.2, 0.25) is 5.91 Å². The van der Waals surface area contributed by atoms with Crippen LogP contribution in [0, 0.1) is 6.92 Å². The molecule has 23 heavy (non-hydrogen) atoms. The summed E-state index contributed by atoms with van der Waals surface area (Å²) >= 11 is 0. The number of nitrogens with one attached hydrogen (secondary N) is 1. The number of carboxylic acids is 1. The Kier molecular flexibility index (Phi) is 4.11. The van der Waals surface area contributed by atoms with E-state index in [0.717, 1.165) is 25.7 Å². The largest absolute Gasteiger partial charge is 0.481 e. The number of aliphatic carboxylic acids is 1. The highest BCUT2D eigenvalue weighted by atomic mass is 16.4. The minimum absolute atomic E-state index is 0.0101. The molecule has 1 saturated heterocycles. The number of nitrogens with zero attached hydrogens (tertiary/aromatic N) is 1. The smallest absolute Gasteiger partial charge is 0.311 e. The Balaban J connectivity index is 1.91. The van der Waals surface area contributed by atoms with E-state index in [-0.39, 0.29) is 48.2 Å². The van der Waals surface area contributed by atoms with Crippen LogP contribution in [0.3, 0.4) is 0 Å². The fourth-order valence-electron chi connectivity index (χ4n) is 3.60. The molecule has 1 aliphatic carbocycles. The van der Waals surface area contributed by atoms with Crippen molar-refractivity contribution >= 4 is 17.8 Å². The molecule has 0 radical (unpaired) electrons. The first kappa shape index (κ1) is 15.6. The lowest BCUT2D eigenvalue weighted by molar-refractivity contribution is -0.136. The van der Waals surface area contributed by atoms with Gasteiger partial charge in [-0.05, 0) is 19.8 Å². The van der Waals surface area contributed by atoms with Crippen molar-refractivity contribution in [2.75, 3.05) is 6.54 Å². The number of amides is 2. The average molecular weight is 320 g/mol. The Hall–Kier alpha value is -2.31. The molecule has 3 rings (SSSR count). The zero-order chi connectivity index (χ0) is 16.6. The van der Waals surface area contributed by atoms with Crippen molar-refractivity contribution in [3.8, 4) is 0 Å². The summed E-state index contributed by atoms with van der Waals surface area (Å²) in [6, 6.07) is -0.0370. The van der Waals surface area contributed by atoms with Gasteiger partial charge in [0.15, 0.2) is 0 Å². The Morgan fingerprint density at radius 3 is 2.87 bits per heavy atom. The maximum atomic E-state index is 13.0. The van der Waals surface area contributed by atoms with Crippen LogP contribution in [0.15, 0.2) is 10.7 Å². The molecule has 2 unspecified atom stereocenters. The summed E-state index contributed by atoms with van der Waals surface area (Å²) in [7, 11) is 0. The van der Waals surface area contributed by atoms with Crippen molar-refractivity contribution < 1.29 is 23.9 Å². The number of hydrogen-bond donors (Lipinski definition) is 2. The van der Waals surface area contributed by atoms with Crippen LogP contribution in [0.25, 0.3) is 0 Å². The van der Waals surface area contributed by atoms with Crippen LogP contribution in [0.4, 0.5) is 0 Å². The van der Waals surface area contributed by atoms with Crippen molar-refractivity contribution in [1.29, 1.82) is 0 Å². The maximum Gasteiger partial charge on any atom is 0.311 e. The number of carboxylic acid groups (broad SMARTS) is 1. The predicted octanol–water partition coefficient (Wildman–Crippen LogP) is 1.10. The third-order valence-electron chi connectivity index (χ3n) is 4.63. The standard InChI is InChI=1S/C16H20N2O5/c1-9-8-23-12(6-14(20)21)15(9)16(22)18-7-13(19)17-10-4-2-3-5-11(10)18/h8,10-11H,2-7H2,1H3,(H,17,19)(H,20,21). The molecule has 2 atom stereocenters. The Bertz CT molecular complexity index is 651. The van der Waals surface area contributed by atoms with Crippen molar-refractivity contribution in [2.24, 2.45) is 0 Å². The number of fused-ring (bicyclic) bond motifs is 1. The normalized spacial score (nSPS) is 24.0. The molecule has 7 heteroatoms. The van der Waals surface area contributed by atoms with Crippen LogP contribution in [0.5, 0.6) is 0 Å². The van der Waals surface area contributed by atoms with Gasteiger partial charge in [0.25, 0.3) is 5.91 Å². The first-order valence-electron chi connectivity index (χ1n) is 7.86. The molecule has 1 aliphatic heterocycles. The summed E-state index contributed by atoms with van der Waals surface area (Å²) in [6.07, 6.45) is 4.83. The van der Waals surface area contributed by atoms with E-state index in [1.54, 1.807) is 11.8 Å². The highest BCUT2D eigenvalue weighted by molar-refractivity contribution is 6.00. The second-order valence-electron chi connectivity index (χ2n) is 6.25. The number of carbonyl (C=O) groups excluding carboxylic acids is 2. The molecule has 2 heterocycles. The second kappa shape index (κ2) is 6.06. The molecule has 2 fully saturated rings. The van der Waals surface area contributed by atoms with Gasteiger partial charge < -0.3 is 19.7 Å². The quantitative estimate of drug-likeness (QED) is 0.868. The van der Waals surface area contributed by atoms with Crippen LogP contribution in [-0.2, 0) is 16.0 Å². The fourth-order valence-corrected chi connectivity index (χ4v) is 3.60. The number of furan rings is 1. The Morgan fingerprint density at radius 1 is 1.39 bits per heavy atom. The van der Waals surface area contributed by atoms with Crippen LogP contribution in [-0.4, -0.2) is 46.4 Å². The number of piperazine rings is 1. The van der Waals surface area contributed by atoms with Crippen molar-refractivity contribution in [2.45, 2.75) is 51.1 Å². The van der Waals surface area contributed by atoms with E-state index in [1.165, 1.54) is 6.26 Å². The van der Waals surface area contributed by atoms with E-state index in [1.807, 2.05) is 0 Å². The number of rotatable bonds is 3. The third-order valence-corrected chi connectivity index (χ3v) is 4.63. The van der Waals surface area contributed by atoms with Crippen LogP contribution >= 0.6 is 0 Å². The van der Waals surface area contributed by atoms with Gasteiger partial charge in [-0.1, -0.05) is 12.8 Å². The Labute approximate surface area is 133 Å². The highest BCUT2D eigenvalue weighted by Crippen LogP contribution is 2.29. The van der Waals surface area contributed by atoms with E-state index < -0.39 is 5.97 Å². The second-order valence-corrected chi connectivity index (χ2v) is 6.25. The summed E-state index contributed by atoms with van der Waals surface area (Å²) in [5.41, 5.74) is 0.885. The molecule has 2 amide bonds. The average Bonchev–Trinajstić information content (AvgIpc) is 2.85. The minimum atomic E-state index is -1.06. The summed E-state index contributed by atoms with van der Waals surface area (Å²) in [4.78, 5) is 37.5. The van der Waals surface area contributed by atoms with Crippen molar-refractivity contribution in [3.63, 3.8) is 0 Å². The maximum absolute atomic E-state index is 13.0. The van der Waals surface area contributed by atoms with Gasteiger partial charge in [0, 0.05) is 11.6 Å². The van der Waals surface area contributed by atoms with Crippen molar-refractivity contribution in [1.82, 2.24) is 10.2 Å². The van der Waals surface area contributed by atoms with Gasteiger partial charge in [-0.3, -0.25) is 14.4 Å². The lowest BCUT2D eigenvalue weighted by Crippen LogP contribution is -2.63. The number of carbonyl (C=O) groups is 3. The van der Waals surface area contributed by atoms with E-state index >= 15 is 0 Å². The monoisotopic (exact) mass is 320 g/mol. The summed E-state index contributed by atoms with van der Waals surface area (Å²) < 4.78 is 5.25. The van der Waals surface area contributed by atoms with Gasteiger partial charge in [-0.2, -0.15) is 0 Å².